The topological polar surface area (TPSA) is 102 Å². The first-order valence-electron chi connectivity index (χ1n) is 13.2. The van der Waals surface area contributed by atoms with E-state index in [1.807, 2.05) is 24.3 Å². The quantitative estimate of drug-likeness (QED) is 0.277. The fraction of sp³-hybridized carbons (Fsp3) is 0.267. The van der Waals surface area contributed by atoms with Crippen molar-refractivity contribution in [2.24, 2.45) is 0 Å². The average Bonchev–Trinajstić information content (AvgIpc) is 3.43. The lowest BCUT2D eigenvalue weighted by Gasteiger charge is -2.25. The number of hydrogen-bond acceptors (Lipinski definition) is 6. The number of benzene rings is 1. The van der Waals surface area contributed by atoms with Crippen LogP contribution in [-0.2, 0) is 12.7 Å². The highest BCUT2D eigenvalue weighted by Crippen LogP contribution is 2.31. The van der Waals surface area contributed by atoms with E-state index in [-0.39, 0.29) is 24.4 Å². The lowest BCUT2D eigenvalue weighted by atomic mass is 9.89. The Hall–Kier alpha value is -4.51. The summed E-state index contributed by atoms with van der Waals surface area (Å²) in [6.45, 7) is 0.407. The molecule has 0 radical (unpaired) electrons. The van der Waals surface area contributed by atoms with Gasteiger partial charge in [-0.1, -0.05) is 23.8 Å². The van der Waals surface area contributed by atoms with Gasteiger partial charge in [-0.2, -0.15) is 18.3 Å². The van der Waals surface area contributed by atoms with Crippen LogP contribution in [0.4, 0.5) is 13.2 Å². The zero-order valence-electron chi connectivity index (χ0n) is 22.0. The van der Waals surface area contributed by atoms with Crippen LogP contribution in [0.1, 0.15) is 47.2 Å². The van der Waals surface area contributed by atoms with Gasteiger partial charge < -0.3 is 15.2 Å². The summed E-state index contributed by atoms with van der Waals surface area (Å²) in [5.74, 6) is 0.387. The van der Waals surface area contributed by atoms with Gasteiger partial charge in [-0.25, -0.2) is 4.98 Å². The maximum Gasteiger partial charge on any atom is 0.417 e. The second-order valence-electron chi connectivity index (χ2n) is 9.73. The van der Waals surface area contributed by atoms with E-state index in [0.717, 1.165) is 43.5 Å². The number of alkyl halides is 3. The van der Waals surface area contributed by atoms with E-state index in [4.69, 9.17) is 9.84 Å². The third-order valence-electron chi connectivity index (χ3n) is 6.74. The van der Waals surface area contributed by atoms with E-state index in [1.165, 1.54) is 11.6 Å². The van der Waals surface area contributed by atoms with E-state index >= 15 is 0 Å². The monoisotopic (exact) mass is 563 g/mol. The molecule has 0 spiro atoms. The number of allylic oxidation sites excluding steroid dienone is 1. The predicted molar refractivity (Wildman–Crippen MR) is 146 cm³/mol. The lowest BCUT2D eigenvalue weighted by Crippen LogP contribution is -2.36. The summed E-state index contributed by atoms with van der Waals surface area (Å²) in [7, 11) is 0. The highest BCUT2D eigenvalue weighted by atomic mass is 19.4. The van der Waals surface area contributed by atoms with Crippen LogP contribution < -0.4 is 10.1 Å². The average molecular weight is 564 g/mol. The Balaban J connectivity index is 1.13. The van der Waals surface area contributed by atoms with E-state index in [1.54, 1.807) is 35.3 Å². The van der Waals surface area contributed by atoms with Gasteiger partial charge in [0.2, 0.25) is 5.88 Å². The van der Waals surface area contributed by atoms with E-state index in [2.05, 4.69) is 26.5 Å². The van der Waals surface area contributed by atoms with Crippen LogP contribution in [0.25, 0.3) is 17.5 Å². The van der Waals surface area contributed by atoms with Crippen molar-refractivity contribution in [1.29, 1.82) is 0 Å². The van der Waals surface area contributed by atoms with Crippen molar-refractivity contribution in [2.45, 2.75) is 44.4 Å². The maximum atomic E-state index is 12.8. The first-order chi connectivity index (χ1) is 19.8. The summed E-state index contributed by atoms with van der Waals surface area (Å²) in [5, 5.41) is 16.5. The van der Waals surface area contributed by atoms with Crippen LogP contribution in [-0.4, -0.2) is 43.4 Å². The lowest BCUT2D eigenvalue weighted by molar-refractivity contribution is -0.137. The number of carbonyl (C=O) groups is 1. The molecule has 3 heterocycles. The number of rotatable bonds is 8. The Morgan fingerprint density at radius 3 is 2.56 bits per heavy atom. The zero-order valence-corrected chi connectivity index (χ0v) is 22.0. The SMILES string of the molecule is O=C(NC1CCC(=Cc2cccc(Oc3ccc(C(F)(F)F)cn3)c2)CC1)c1ccc(-c2ccn(CCO)n2)nc1. The summed E-state index contributed by atoms with van der Waals surface area (Å²) < 4.78 is 45.5. The van der Waals surface area contributed by atoms with Crippen molar-refractivity contribution in [3.8, 4) is 23.0 Å². The molecule has 8 nitrogen and oxygen atoms in total. The van der Waals surface area contributed by atoms with E-state index in [0.29, 0.717) is 29.2 Å². The number of pyridine rings is 2. The molecule has 1 fully saturated rings. The molecule has 1 aliphatic carbocycles. The molecule has 4 aromatic rings. The first-order valence-corrected chi connectivity index (χ1v) is 13.2. The summed E-state index contributed by atoms with van der Waals surface area (Å²) in [6, 6.07) is 14.8. The molecule has 0 saturated heterocycles. The third-order valence-corrected chi connectivity index (χ3v) is 6.74. The van der Waals surface area contributed by atoms with Gasteiger partial charge in [-0.3, -0.25) is 14.5 Å². The van der Waals surface area contributed by atoms with Gasteiger partial charge in [0.1, 0.15) is 11.4 Å². The van der Waals surface area contributed by atoms with Gasteiger partial charge in [0, 0.05) is 30.7 Å². The standard InChI is InChI=1S/C30H28F3N5O3/c31-30(32,33)23-7-11-28(35-19-23)41-25-3-1-2-21(17-25)16-20-4-8-24(9-5-20)36-29(40)22-6-10-26(34-18-22)27-12-13-38(37-27)14-15-39/h1-3,6-7,10-13,16-19,24,39H,4-5,8-9,14-15H2,(H,36,40). The number of aliphatic hydroxyl groups is 1. The van der Waals surface area contributed by atoms with E-state index < -0.39 is 11.7 Å². The van der Waals surface area contributed by atoms with Crippen molar-refractivity contribution in [1.82, 2.24) is 25.1 Å². The molecule has 1 aromatic carbocycles. The van der Waals surface area contributed by atoms with Crippen molar-refractivity contribution >= 4 is 12.0 Å². The molecular weight excluding hydrogens is 535 g/mol. The third kappa shape index (κ3) is 7.37. The Labute approximate surface area is 234 Å². The Morgan fingerprint density at radius 1 is 1.05 bits per heavy atom. The number of hydrogen-bond donors (Lipinski definition) is 2. The second-order valence-corrected chi connectivity index (χ2v) is 9.73. The number of nitrogens with zero attached hydrogens (tertiary/aromatic N) is 4. The minimum absolute atomic E-state index is 0.000831. The number of aromatic nitrogens is 4. The molecule has 1 aliphatic rings. The summed E-state index contributed by atoms with van der Waals surface area (Å²) in [6.07, 6.45) is 4.94. The Bertz CT molecular complexity index is 1510. The molecule has 11 heteroatoms. The molecule has 0 aliphatic heterocycles. The highest BCUT2D eigenvalue weighted by molar-refractivity contribution is 5.94. The predicted octanol–water partition coefficient (Wildman–Crippen LogP) is 5.90. The van der Waals surface area contributed by atoms with Crippen LogP contribution in [0.3, 0.4) is 0 Å². The molecule has 3 aromatic heterocycles. The van der Waals surface area contributed by atoms with Gasteiger partial charge in [-0.05, 0) is 67.6 Å². The highest BCUT2D eigenvalue weighted by Gasteiger charge is 2.30. The maximum absolute atomic E-state index is 12.8. The second kappa shape index (κ2) is 12.3. The van der Waals surface area contributed by atoms with E-state index in [9.17, 15) is 18.0 Å². The summed E-state index contributed by atoms with van der Waals surface area (Å²) >= 11 is 0. The van der Waals surface area contributed by atoms with Gasteiger partial charge in [0.25, 0.3) is 5.91 Å². The van der Waals surface area contributed by atoms with Gasteiger partial charge in [0.05, 0.1) is 30.0 Å². The normalized spacial score (nSPS) is 15.4. The fourth-order valence-electron chi connectivity index (χ4n) is 4.58. The molecule has 0 atom stereocenters. The van der Waals surface area contributed by atoms with Gasteiger partial charge in [0.15, 0.2) is 0 Å². The van der Waals surface area contributed by atoms with Crippen LogP contribution >= 0.6 is 0 Å². The molecular formula is C30H28F3N5O3. The smallest absolute Gasteiger partial charge is 0.417 e. The number of carbonyl (C=O) groups excluding carboxylic acids is 1. The van der Waals surface area contributed by atoms with Crippen molar-refractivity contribution in [3.63, 3.8) is 0 Å². The molecule has 0 bridgehead atoms. The van der Waals surface area contributed by atoms with Gasteiger partial charge >= 0.3 is 6.18 Å². The molecule has 41 heavy (non-hydrogen) atoms. The number of aliphatic hydroxyl groups excluding tert-OH is 1. The first kappa shape index (κ1) is 28.0. The fourth-order valence-corrected chi connectivity index (χ4v) is 4.58. The molecule has 212 valence electrons. The molecule has 1 amide bonds. The molecule has 1 saturated carbocycles. The number of nitrogens with one attached hydrogen (secondary N) is 1. The molecule has 5 rings (SSSR count). The largest absolute Gasteiger partial charge is 0.439 e. The number of ether oxygens (including phenoxy) is 1. The van der Waals surface area contributed by atoms with Gasteiger partial charge in [-0.15, -0.1) is 0 Å². The minimum atomic E-state index is -4.45. The number of amides is 1. The zero-order chi connectivity index (χ0) is 28.8. The molecule has 2 N–H and O–H groups in total. The Kier molecular flexibility index (Phi) is 8.44. The minimum Gasteiger partial charge on any atom is -0.439 e. The van der Waals surface area contributed by atoms with Crippen LogP contribution in [0.2, 0.25) is 0 Å². The molecule has 0 unspecified atom stereocenters. The van der Waals surface area contributed by atoms with Crippen molar-refractivity contribution < 1.29 is 27.8 Å². The summed E-state index contributed by atoms with van der Waals surface area (Å²) in [5.41, 5.74) is 3.13. The van der Waals surface area contributed by atoms with Crippen LogP contribution in [0.15, 0.2) is 78.8 Å². The Morgan fingerprint density at radius 2 is 1.88 bits per heavy atom. The van der Waals surface area contributed by atoms with Crippen LogP contribution in [0.5, 0.6) is 11.6 Å². The van der Waals surface area contributed by atoms with Crippen LogP contribution in [0, 0.1) is 0 Å². The summed E-state index contributed by atoms with van der Waals surface area (Å²) in [4.78, 5) is 20.9. The van der Waals surface area contributed by atoms with Crippen molar-refractivity contribution in [2.75, 3.05) is 6.61 Å². The number of halogens is 3. The van der Waals surface area contributed by atoms with Crippen molar-refractivity contribution in [3.05, 3.63) is 95.5 Å².